The van der Waals surface area contributed by atoms with E-state index >= 15 is 0 Å². The SMILES string of the molecule is Cc1ccc(-n2c3cc(C)ccc3c3oc4c5cc6oc7c(oc8c9ccc(C)cc9n(-c9ccc(C)cc9)c87)c6cc5oc4c32)cc1. The molecule has 0 unspecified atom stereocenters. The van der Waals surface area contributed by atoms with E-state index in [2.05, 4.69) is 122 Å². The van der Waals surface area contributed by atoms with Gasteiger partial charge in [0, 0.05) is 22.1 Å². The Balaban J connectivity index is 1.21. The molecule has 0 aliphatic heterocycles. The second-order valence-corrected chi connectivity index (χ2v) is 13.3. The summed E-state index contributed by atoms with van der Waals surface area (Å²) in [6.45, 7) is 8.44. The Morgan fingerprint density at radius 1 is 0.354 bits per heavy atom. The van der Waals surface area contributed by atoms with Crippen LogP contribution in [0, 0.1) is 27.7 Å². The van der Waals surface area contributed by atoms with Crippen molar-refractivity contribution in [1.82, 2.24) is 9.13 Å². The Morgan fingerprint density at radius 3 is 1.17 bits per heavy atom. The molecule has 0 N–H and O–H groups in total. The van der Waals surface area contributed by atoms with Gasteiger partial charge in [-0.3, -0.25) is 0 Å². The Bertz CT molecular complexity index is 2920. The Hall–Kier alpha value is -6.14. The number of nitrogens with zero attached hydrogens (tertiary/aromatic N) is 2. The summed E-state index contributed by atoms with van der Waals surface area (Å²) in [6, 6.07) is 34.2. The lowest BCUT2D eigenvalue weighted by atomic mass is 10.2. The average Bonchev–Trinajstić information content (AvgIpc) is 3.89. The number of fused-ring (bicyclic) bond motifs is 14. The maximum absolute atomic E-state index is 6.72. The van der Waals surface area contributed by atoms with Gasteiger partial charge < -0.3 is 26.8 Å². The molecule has 0 aliphatic rings. The summed E-state index contributed by atoms with van der Waals surface area (Å²) in [5.74, 6) is 0. The third-order valence-corrected chi connectivity index (χ3v) is 9.99. The van der Waals surface area contributed by atoms with E-state index in [1.165, 1.54) is 22.3 Å². The molecule has 11 aromatic rings. The molecule has 0 spiro atoms. The monoisotopic (exact) mass is 624 g/mol. The molecule has 0 atom stereocenters. The lowest BCUT2D eigenvalue weighted by molar-refractivity contribution is 0.654. The van der Waals surface area contributed by atoms with Crippen molar-refractivity contribution in [2.45, 2.75) is 27.7 Å². The molecule has 6 nitrogen and oxygen atoms in total. The van der Waals surface area contributed by atoms with Gasteiger partial charge in [-0.1, -0.05) is 47.5 Å². The zero-order valence-electron chi connectivity index (χ0n) is 26.8. The number of aryl methyl sites for hydroxylation is 4. The van der Waals surface area contributed by atoms with Crippen molar-refractivity contribution in [3.63, 3.8) is 0 Å². The highest BCUT2D eigenvalue weighted by atomic mass is 16.4. The zero-order chi connectivity index (χ0) is 32.0. The fraction of sp³-hybridized carbons (Fsp3) is 0.0952. The van der Waals surface area contributed by atoms with Gasteiger partial charge in [0.2, 0.25) is 0 Å². The Kier molecular flexibility index (Phi) is 4.77. The van der Waals surface area contributed by atoms with Gasteiger partial charge in [-0.05, 0) is 99.5 Å². The Labute approximate surface area is 272 Å². The number of hydrogen-bond acceptors (Lipinski definition) is 4. The molecule has 0 saturated carbocycles. The van der Waals surface area contributed by atoms with Gasteiger partial charge >= 0.3 is 0 Å². The van der Waals surface area contributed by atoms with Crippen molar-refractivity contribution in [3.8, 4) is 11.4 Å². The van der Waals surface area contributed by atoms with E-state index in [1.54, 1.807) is 0 Å². The second kappa shape index (κ2) is 8.81. The largest absolute Gasteiger partial charge is 0.450 e. The van der Waals surface area contributed by atoms with Crippen LogP contribution in [0.4, 0.5) is 0 Å². The van der Waals surface area contributed by atoms with Gasteiger partial charge in [0.25, 0.3) is 0 Å². The van der Waals surface area contributed by atoms with Gasteiger partial charge in [0.15, 0.2) is 33.5 Å². The summed E-state index contributed by atoms with van der Waals surface area (Å²) >= 11 is 0. The van der Waals surface area contributed by atoms with Gasteiger partial charge in [-0.2, -0.15) is 0 Å². The number of aromatic nitrogens is 2. The molecule has 0 aliphatic carbocycles. The van der Waals surface area contributed by atoms with Crippen LogP contribution in [0.2, 0.25) is 0 Å². The first kappa shape index (κ1) is 26.0. The van der Waals surface area contributed by atoms with Crippen LogP contribution < -0.4 is 0 Å². The maximum Gasteiger partial charge on any atom is 0.198 e. The van der Waals surface area contributed by atoms with Crippen LogP contribution in [0.1, 0.15) is 22.3 Å². The molecular weight excluding hydrogens is 596 g/mol. The molecule has 0 amide bonds. The van der Waals surface area contributed by atoms with Crippen LogP contribution in [-0.4, -0.2) is 9.13 Å². The molecular formula is C42H28N2O4. The topological polar surface area (TPSA) is 62.4 Å². The molecule has 230 valence electrons. The van der Waals surface area contributed by atoms with E-state index < -0.39 is 0 Å². The summed E-state index contributed by atoms with van der Waals surface area (Å²) < 4.78 is 31.4. The van der Waals surface area contributed by atoms with Crippen LogP contribution in [-0.2, 0) is 0 Å². The zero-order valence-corrected chi connectivity index (χ0v) is 26.8. The summed E-state index contributed by atoms with van der Waals surface area (Å²) in [6.07, 6.45) is 0. The van der Waals surface area contributed by atoms with E-state index in [0.29, 0.717) is 11.2 Å². The highest BCUT2D eigenvalue weighted by molar-refractivity contribution is 6.24. The van der Waals surface area contributed by atoms with E-state index in [4.69, 9.17) is 17.7 Å². The lowest BCUT2D eigenvalue weighted by Crippen LogP contribution is -1.93. The third kappa shape index (κ3) is 3.26. The normalized spacial score (nSPS) is 12.6. The maximum atomic E-state index is 6.72. The smallest absolute Gasteiger partial charge is 0.198 e. The quantitative estimate of drug-likeness (QED) is 0.192. The standard InChI is InChI=1S/C42H28N2O4/c1-21-5-11-25(12-6-21)43-31-17-23(3)9-15-27(31)37-35(43)41-39(47-37)29-19-34-30(20-33(29)45-41)40-42(46-34)36-38(48-40)28-16-10-24(4)18-32(28)44(36)26-13-7-22(2)8-14-26/h5-20H,1-4H3. The molecule has 48 heavy (non-hydrogen) atoms. The van der Waals surface area contributed by atoms with E-state index in [-0.39, 0.29) is 0 Å². The molecule has 0 saturated heterocycles. The minimum absolute atomic E-state index is 0.711. The first-order chi connectivity index (χ1) is 23.4. The van der Waals surface area contributed by atoms with Crippen molar-refractivity contribution in [2.75, 3.05) is 0 Å². The number of rotatable bonds is 2. The minimum Gasteiger partial charge on any atom is -0.450 e. The van der Waals surface area contributed by atoms with E-state index in [0.717, 1.165) is 88.5 Å². The number of furan rings is 4. The van der Waals surface area contributed by atoms with Crippen molar-refractivity contribution in [2.24, 2.45) is 0 Å². The molecule has 6 heteroatoms. The van der Waals surface area contributed by atoms with Gasteiger partial charge in [0.05, 0.1) is 21.8 Å². The van der Waals surface area contributed by atoms with Crippen molar-refractivity contribution in [1.29, 1.82) is 0 Å². The minimum atomic E-state index is 0.711. The van der Waals surface area contributed by atoms with Gasteiger partial charge in [-0.15, -0.1) is 0 Å². The molecule has 6 heterocycles. The average molecular weight is 625 g/mol. The molecule has 11 rings (SSSR count). The van der Waals surface area contributed by atoms with Crippen LogP contribution in [0.25, 0.3) is 99.7 Å². The second-order valence-electron chi connectivity index (χ2n) is 13.3. The van der Waals surface area contributed by atoms with Crippen molar-refractivity contribution < 1.29 is 17.7 Å². The third-order valence-electron chi connectivity index (χ3n) is 9.99. The fourth-order valence-corrected chi connectivity index (χ4v) is 7.64. The van der Waals surface area contributed by atoms with Gasteiger partial charge in [0.1, 0.15) is 22.2 Å². The predicted molar refractivity (Wildman–Crippen MR) is 193 cm³/mol. The summed E-state index contributed by atoms with van der Waals surface area (Å²) in [4.78, 5) is 0. The number of benzene rings is 5. The van der Waals surface area contributed by atoms with Crippen LogP contribution >= 0.6 is 0 Å². The molecule has 6 aromatic heterocycles. The highest BCUT2D eigenvalue weighted by Gasteiger charge is 2.28. The van der Waals surface area contributed by atoms with Crippen LogP contribution in [0.15, 0.2) is 115 Å². The Morgan fingerprint density at radius 2 is 0.750 bits per heavy atom. The summed E-state index contributed by atoms with van der Waals surface area (Å²) in [7, 11) is 0. The molecule has 5 aromatic carbocycles. The first-order valence-corrected chi connectivity index (χ1v) is 16.2. The lowest BCUT2D eigenvalue weighted by Gasteiger charge is -2.07. The van der Waals surface area contributed by atoms with E-state index in [9.17, 15) is 0 Å². The van der Waals surface area contributed by atoms with Crippen molar-refractivity contribution in [3.05, 3.63) is 119 Å². The highest BCUT2D eigenvalue weighted by Crippen LogP contribution is 2.47. The van der Waals surface area contributed by atoms with E-state index in [1.807, 2.05) is 12.1 Å². The van der Waals surface area contributed by atoms with Crippen LogP contribution in [0.5, 0.6) is 0 Å². The summed E-state index contributed by atoms with van der Waals surface area (Å²) in [5.41, 5.74) is 16.9. The predicted octanol–water partition coefficient (Wildman–Crippen LogP) is 12.1. The number of hydrogen-bond donors (Lipinski definition) is 0. The van der Waals surface area contributed by atoms with Crippen LogP contribution in [0.3, 0.4) is 0 Å². The fourth-order valence-electron chi connectivity index (χ4n) is 7.64. The first-order valence-electron chi connectivity index (χ1n) is 16.2. The molecule has 0 bridgehead atoms. The van der Waals surface area contributed by atoms with Gasteiger partial charge in [-0.25, -0.2) is 0 Å². The molecule has 0 fully saturated rings. The molecule has 0 radical (unpaired) electrons. The van der Waals surface area contributed by atoms with Crippen molar-refractivity contribution >= 4 is 88.3 Å². The summed E-state index contributed by atoms with van der Waals surface area (Å²) in [5, 5.41) is 3.83.